The molecule has 2 aliphatic heterocycles. The second kappa shape index (κ2) is 9.78. The van der Waals surface area contributed by atoms with Gasteiger partial charge in [-0.05, 0) is 5.57 Å². The number of carbonyl (C=O) groups is 5. The highest BCUT2D eigenvalue weighted by Gasteiger charge is 2.54. The number of β-lactam (4-membered cyclic amide) rings is 1. The molecule has 1 saturated heterocycles. The van der Waals surface area contributed by atoms with Crippen LogP contribution in [0.2, 0.25) is 0 Å². The van der Waals surface area contributed by atoms with Crippen LogP contribution >= 0.6 is 23.1 Å². The van der Waals surface area contributed by atoms with Gasteiger partial charge in [0.15, 0.2) is 5.71 Å². The Morgan fingerprint density at radius 2 is 2.09 bits per heavy atom. The Bertz CT molecular complexity index is 1020. The van der Waals surface area contributed by atoms with Crippen molar-refractivity contribution in [1.29, 1.82) is 0 Å². The van der Waals surface area contributed by atoms with Gasteiger partial charge in [-0.15, -0.1) is 23.1 Å². The number of aromatic nitrogens is 1. The van der Waals surface area contributed by atoms with Crippen molar-refractivity contribution in [1.82, 2.24) is 20.5 Å². The van der Waals surface area contributed by atoms with Crippen molar-refractivity contribution in [2.45, 2.75) is 18.3 Å². The first-order valence-electron chi connectivity index (χ1n) is 8.96. The highest BCUT2D eigenvalue weighted by molar-refractivity contribution is 8.00. The molecule has 3 heterocycles. The Morgan fingerprint density at radius 1 is 1.34 bits per heavy atom. The summed E-state index contributed by atoms with van der Waals surface area (Å²) in [5.41, 5.74) is 1.39. The summed E-state index contributed by atoms with van der Waals surface area (Å²) < 4.78 is 0. The normalized spacial score (nSPS) is 20.2. The van der Waals surface area contributed by atoms with E-state index < -0.39 is 41.8 Å². The van der Waals surface area contributed by atoms with Gasteiger partial charge >= 0.3 is 11.9 Å². The van der Waals surface area contributed by atoms with Crippen LogP contribution < -0.4 is 10.6 Å². The molecular weight excluding hydrogens is 466 g/mol. The summed E-state index contributed by atoms with van der Waals surface area (Å²) in [4.78, 5) is 68.6. The number of oxime groups is 1. The molecule has 3 amide bonds. The van der Waals surface area contributed by atoms with Crippen LogP contribution in [0.3, 0.4) is 0 Å². The Kier molecular flexibility index (Phi) is 7.09. The third-order valence-electron chi connectivity index (χ3n) is 4.32. The fraction of sp³-hybridized carbons (Fsp3) is 0.353. The van der Waals surface area contributed by atoms with E-state index in [0.717, 1.165) is 4.90 Å². The third-order valence-corrected chi connectivity index (χ3v) is 6.25. The number of rotatable bonds is 9. The summed E-state index contributed by atoms with van der Waals surface area (Å²) in [6, 6.07) is -1.03. The zero-order chi connectivity index (χ0) is 23.4. The molecule has 0 aliphatic carbocycles. The molecule has 4 N–H and O–H groups in total. The van der Waals surface area contributed by atoms with Gasteiger partial charge in [-0.25, -0.2) is 14.6 Å². The van der Waals surface area contributed by atoms with Gasteiger partial charge in [0.25, 0.3) is 11.8 Å². The molecule has 2 aliphatic rings. The molecule has 0 spiro atoms. The van der Waals surface area contributed by atoms with E-state index in [1.165, 1.54) is 40.9 Å². The zero-order valence-corrected chi connectivity index (χ0v) is 18.1. The quantitative estimate of drug-likeness (QED) is 0.189. The lowest BCUT2D eigenvalue weighted by atomic mass is 10.0. The Morgan fingerprint density at radius 3 is 2.69 bits per heavy atom. The van der Waals surface area contributed by atoms with E-state index in [-0.39, 0.29) is 35.3 Å². The van der Waals surface area contributed by atoms with Gasteiger partial charge in [0, 0.05) is 24.6 Å². The molecule has 0 bridgehead atoms. The van der Waals surface area contributed by atoms with Gasteiger partial charge in [0.1, 0.15) is 22.8 Å². The van der Waals surface area contributed by atoms with E-state index in [4.69, 9.17) is 5.11 Å². The van der Waals surface area contributed by atoms with E-state index in [9.17, 15) is 29.1 Å². The smallest absolute Gasteiger partial charge is 0.352 e. The number of carboxylic acids is 2. The topological polar surface area (TPSA) is 188 Å². The van der Waals surface area contributed by atoms with Crippen LogP contribution in [0.25, 0.3) is 0 Å². The summed E-state index contributed by atoms with van der Waals surface area (Å²) in [7, 11) is 0. The van der Waals surface area contributed by atoms with Gasteiger partial charge in [-0.2, -0.15) is 0 Å². The van der Waals surface area contributed by atoms with Crippen LogP contribution in [-0.2, 0) is 28.8 Å². The number of fused-ring (bicyclic) bond motifs is 1. The molecule has 2 atom stereocenters. The number of carboxylic acid groups (broad SMARTS) is 2. The van der Waals surface area contributed by atoms with Gasteiger partial charge in [0.05, 0.1) is 5.51 Å². The molecule has 0 radical (unpaired) electrons. The van der Waals surface area contributed by atoms with Gasteiger partial charge < -0.3 is 25.7 Å². The number of amides is 3. The molecule has 1 fully saturated rings. The van der Waals surface area contributed by atoms with E-state index >= 15 is 0 Å². The summed E-state index contributed by atoms with van der Waals surface area (Å²) in [5, 5.41) is 27.6. The first kappa shape index (κ1) is 23.2. The van der Waals surface area contributed by atoms with Crippen molar-refractivity contribution in [3.8, 4) is 0 Å². The second-order valence-corrected chi connectivity index (χ2v) is 8.33. The Balaban J connectivity index is 1.76. The number of hydrogen-bond donors (Lipinski definition) is 4. The molecule has 1 unspecified atom stereocenters. The number of thioether (sulfide) groups is 1. The van der Waals surface area contributed by atoms with Crippen LogP contribution in [0.15, 0.2) is 27.3 Å². The van der Waals surface area contributed by atoms with E-state index in [0.29, 0.717) is 5.57 Å². The molecule has 1 aromatic rings. The minimum atomic E-state index is -1.32. The number of thiazole rings is 1. The molecule has 0 aromatic carbocycles. The third kappa shape index (κ3) is 4.88. The fourth-order valence-corrected chi connectivity index (χ4v) is 4.83. The predicted octanol–water partition coefficient (Wildman–Crippen LogP) is -1.18. The largest absolute Gasteiger partial charge is 0.479 e. The standard InChI is InChI=1S/C17H17N5O8S2/c1-7(23)18-2-8-4-32-16-12(15(27)22(16)13(8)17(28)29)20-14(26)11(9-5-31-6-19-9)21-30-3-10(24)25/h5-6,12,16H,2-4H2,1H3,(H,18,23)(H,20,26)(H,24,25)(H,28,29)/t12?,16-/m1/s1. The lowest BCUT2D eigenvalue weighted by molar-refractivity contribution is -0.150. The molecule has 15 heteroatoms. The first-order valence-corrected chi connectivity index (χ1v) is 11.0. The summed E-state index contributed by atoms with van der Waals surface area (Å²) >= 11 is 2.40. The first-order chi connectivity index (χ1) is 15.2. The minimum absolute atomic E-state index is 0.0148. The summed E-state index contributed by atoms with van der Waals surface area (Å²) in [6.45, 7) is 0.500. The maximum atomic E-state index is 12.7. The second-order valence-electron chi connectivity index (χ2n) is 6.51. The van der Waals surface area contributed by atoms with Crippen molar-refractivity contribution in [3.63, 3.8) is 0 Å². The van der Waals surface area contributed by atoms with Crippen LogP contribution in [0.1, 0.15) is 12.6 Å². The Labute approximate surface area is 188 Å². The fourth-order valence-electron chi connectivity index (χ4n) is 2.95. The van der Waals surface area contributed by atoms with Crippen molar-refractivity contribution < 1.29 is 39.0 Å². The lowest BCUT2D eigenvalue weighted by Gasteiger charge is -2.49. The zero-order valence-electron chi connectivity index (χ0n) is 16.4. The SMILES string of the molecule is CC(=O)NCC1=C(C(=O)O)N2C(=O)C(NC(=O)C(=NOCC(=O)O)c3cscn3)[C@H]2SC1. The molecule has 170 valence electrons. The van der Waals surface area contributed by atoms with Crippen molar-refractivity contribution >= 4 is 58.5 Å². The molecule has 0 saturated carbocycles. The molecule has 32 heavy (non-hydrogen) atoms. The van der Waals surface area contributed by atoms with Crippen LogP contribution in [0, 0.1) is 0 Å². The molecule has 1 aromatic heterocycles. The van der Waals surface area contributed by atoms with Crippen molar-refractivity contribution in [2.24, 2.45) is 5.16 Å². The number of hydrogen-bond acceptors (Lipinski definition) is 10. The highest BCUT2D eigenvalue weighted by atomic mass is 32.2. The molecular formula is C17H17N5O8S2. The summed E-state index contributed by atoms with van der Waals surface area (Å²) in [5.74, 6) is -4.19. The van der Waals surface area contributed by atoms with Crippen molar-refractivity contribution in [3.05, 3.63) is 27.9 Å². The number of nitrogens with zero attached hydrogens (tertiary/aromatic N) is 3. The molecule has 3 rings (SSSR count). The Hall–Kier alpha value is -3.46. The lowest BCUT2D eigenvalue weighted by Crippen LogP contribution is -2.71. The monoisotopic (exact) mass is 483 g/mol. The van der Waals surface area contributed by atoms with Gasteiger partial charge in [-0.3, -0.25) is 19.3 Å². The average molecular weight is 483 g/mol. The van der Waals surface area contributed by atoms with Crippen LogP contribution in [-0.4, -0.2) is 85.8 Å². The van der Waals surface area contributed by atoms with Crippen LogP contribution in [0.4, 0.5) is 0 Å². The van der Waals surface area contributed by atoms with Gasteiger partial charge in [0.2, 0.25) is 12.5 Å². The minimum Gasteiger partial charge on any atom is -0.479 e. The van der Waals surface area contributed by atoms with Crippen LogP contribution in [0.5, 0.6) is 0 Å². The predicted molar refractivity (Wildman–Crippen MR) is 111 cm³/mol. The number of aliphatic carboxylic acids is 2. The van der Waals surface area contributed by atoms with E-state index in [1.54, 1.807) is 0 Å². The van der Waals surface area contributed by atoms with Gasteiger partial charge in [-0.1, -0.05) is 5.16 Å². The summed E-state index contributed by atoms with van der Waals surface area (Å²) in [6.07, 6.45) is 0. The maximum Gasteiger partial charge on any atom is 0.352 e. The highest BCUT2D eigenvalue weighted by Crippen LogP contribution is 2.40. The van der Waals surface area contributed by atoms with E-state index in [1.807, 2.05) is 0 Å². The maximum absolute atomic E-state index is 12.7. The average Bonchev–Trinajstić information content (AvgIpc) is 3.26. The van der Waals surface area contributed by atoms with Crippen molar-refractivity contribution in [2.75, 3.05) is 18.9 Å². The number of nitrogens with one attached hydrogen (secondary N) is 2. The number of carbonyl (C=O) groups excluding carboxylic acids is 3. The van der Waals surface area contributed by atoms with E-state index in [2.05, 4.69) is 25.6 Å². The molecule has 13 nitrogen and oxygen atoms in total.